The van der Waals surface area contributed by atoms with Crippen LogP contribution in [0.5, 0.6) is 11.5 Å². The van der Waals surface area contributed by atoms with Crippen LogP contribution in [0.2, 0.25) is 0 Å². The minimum atomic E-state index is -4.09. The second-order valence-electron chi connectivity index (χ2n) is 7.24. The van der Waals surface area contributed by atoms with Crippen molar-refractivity contribution in [2.24, 2.45) is 0 Å². The lowest BCUT2D eigenvalue weighted by molar-refractivity contribution is -0.119. The third-order valence-electron chi connectivity index (χ3n) is 5.05. The molecular formula is C21H23FN2O6S. The maximum absolute atomic E-state index is 13.9. The molecule has 2 N–H and O–H groups in total. The van der Waals surface area contributed by atoms with Gasteiger partial charge in [0.2, 0.25) is 15.7 Å². The number of carbonyl (C=O) groups excluding carboxylic acids is 1. The molecule has 0 aliphatic carbocycles. The summed E-state index contributed by atoms with van der Waals surface area (Å²) in [7, 11) is -4.09. The van der Waals surface area contributed by atoms with Crippen molar-refractivity contribution in [3.05, 3.63) is 42.2 Å². The molecule has 1 fully saturated rings. The van der Waals surface area contributed by atoms with Gasteiger partial charge in [-0.25, -0.2) is 12.8 Å². The molecule has 0 radical (unpaired) electrons. The van der Waals surface area contributed by atoms with Crippen LogP contribution in [-0.2, 0) is 19.4 Å². The number of halogens is 1. The lowest BCUT2D eigenvalue weighted by atomic mass is 10.2. The predicted molar refractivity (Wildman–Crippen MR) is 110 cm³/mol. The van der Waals surface area contributed by atoms with E-state index in [1.165, 1.54) is 24.3 Å². The van der Waals surface area contributed by atoms with Crippen LogP contribution in [-0.4, -0.2) is 53.3 Å². The molecule has 1 atom stereocenters. The van der Waals surface area contributed by atoms with E-state index in [2.05, 4.69) is 10.6 Å². The first-order chi connectivity index (χ1) is 14.9. The Bertz CT molecular complexity index is 1070. The fourth-order valence-electron chi connectivity index (χ4n) is 3.45. The standard InChI is InChI=1S/C21H23FN2O6S/c22-14-3-5-17(23-13-21(25)24-12-15-2-1-7-28-15)20(10-14)31(26,27)16-4-6-18-19(11-16)30-9-8-29-18/h3-6,10-11,15,23H,1-2,7-9,12-13H2,(H,24,25). The number of hydrogen-bond donors (Lipinski definition) is 2. The highest BCUT2D eigenvalue weighted by atomic mass is 32.2. The third kappa shape index (κ3) is 4.91. The molecule has 2 aromatic rings. The first kappa shape index (κ1) is 21.4. The number of anilines is 1. The molecule has 2 aliphatic heterocycles. The Morgan fingerprint density at radius 2 is 1.87 bits per heavy atom. The van der Waals surface area contributed by atoms with Gasteiger partial charge in [-0.1, -0.05) is 0 Å². The SMILES string of the molecule is O=C(CNc1ccc(F)cc1S(=O)(=O)c1ccc2c(c1)OCCO2)NCC1CCCO1. The lowest BCUT2D eigenvalue weighted by Crippen LogP contribution is -2.35. The number of amides is 1. The number of fused-ring (bicyclic) bond motifs is 1. The van der Waals surface area contributed by atoms with E-state index < -0.39 is 15.7 Å². The van der Waals surface area contributed by atoms with Crippen LogP contribution in [0, 0.1) is 5.82 Å². The number of ether oxygens (including phenoxy) is 3. The summed E-state index contributed by atoms with van der Waals surface area (Å²) in [4.78, 5) is 11.8. The second kappa shape index (κ2) is 9.11. The van der Waals surface area contributed by atoms with Gasteiger partial charge in [0, 0.05) is 19.2 Å². The van der Waals surface area contributed by atoms with Crippen molar-refractivity contribution in [3.63, 3.8) is 0 Å². The molecule has 2 heterocycles. The van der Waals surface area contributed by atoms with Crippen LogP contribution in [0.1, 0.15) is 12.8 Å². The molecule has 2 aromatic carbocycles. The van der Waals surface area contributed by atoms with Gasteiger partial charge >= 0.3 is 0 Å². The van der Waals surface area contributed by atoms with E-state index in [4.69, 9.17) is 14.2 Å². The van der Waals surface area contributed by atoms with Crippen molar-refractivity contribution in [1.82, 2.24) is 5.32 Å². The van der Waals surface area contributed by atoms with E-state index >= 15 is 0 Å². The van der Waals surface area contributed by atoms with Crippen molar-refractivity contribution in [2.45, 2.75) is 28.7 Å². The molecule has 0 aromatic heterocycles. The minimum Gasteiger partial charge on any atom is -0.486 e. The predicted octanol–water partition coefficient (Wildman–Crippen LogP) is 2.14. The van der Waals surface area contributed by atoms with E-state index in [0.29, 0.717) is 37.9 Å². The summed E-state index contributed by atoms with van der Waals surface area (Å²) >= 11 is 0. The quantitative estimate of drug-likeness (QED) is 0.666. The highest BCUT2D eigenvalue weighted by Gasteiger charge is 2.25. The van der Waals surface area contributed by atoms with Crippen molar-refractivity contribution in [3.8, 4) is 11.5 Å². The largest absolute Gasteiger partial charge is 0.486 e. The number of hydrogen-bond acceptors (Lipinski definition) is 7. The summed E-state index contributed by atoms with van der Waals surface area (Å²) < 4.78 is 56.7. The van der Waals surface area contributed by atoms with Crippen molar-refractivity contribution >= 4 is 21.4 Å². The van der Waals surface area contributed by atoms with Gasteiger partial charge in [-0.2, -0.15) is 0 Å². The van der Waals surface area contributed by atoms with E-state index in [9.17, 15) is 17.6 Å². The first-order valence-electron chi connectivity index (χ1n) is 10.00. The summed E-state index contributed by atoms with van der Waals surface area (Å²) in [5, 5.41) is 5.55. The Labute approximate surface area is 179 Å². The normalized spacial score (nSPS) is 17.9. The Balaban J connectivity index is 1.51. The van der Waals surface area contributed by atoms with Crippen LogP contribution in [0.3, 0.4) is 0 Å². The maximum Gasteiger partial charge on any atom is 0.239 e. The summed E-state index contributed by atoms with van der Waals surface area (Å²) in [6.07, 6.45) is 1.86. The highest BCUT2D eigenvalue weighted by Crippen LogP contribution is 2.35. The Kier molecular flexibility index (Phi) is 6.28. The number of sulfone groups is 1. The number of rotatable bonds is 7. The second-order valence-corrected chi connectivity index (χ2v) is 9.16. The van der Waals surface area contributed by atoms with Crippen LogP contribution >= 0.6 is 0 Å². The number of benzene rings is 2. The third-order valence-corrected chi connectivity index (χ3v) is 6.84. The van der Waals surface area contributed by atoms with Gasteiger partial charge in [-0.15, -0.1) is 0 Å². The first-order valence-corrected chi connectivity index (χ1v) is 11.5. The van der Waals surface area contributed by atoms with Gasteiger partial charge in [-0.05, 0) is 43.2 Å². The van der Waals surface area contributed by atoms with Gasteiger partial charge in [0.25, 0.3) is 0 Å². The van der Waals surface area contributed by atoms with Gasteiger partial charge in [0.15, 0.2) is 11.5 Å². The van der Waals surface area contributed by atoms with E-state index in [1.807, 2.05) is 0 Å². The molecule has 0 saturated carbocycles. The van der Waals surface area contributed by atoms with Crippen LogP contribution in [0.4, 0.5) is 10.1 Å². The summed E-state index contributed by atoms with van der Waals surface area (Å²) in [5.74, 6) is -0.260. The van der Waals surface area contributed by atoms with E-state index in [-0.39, 0.29) is 34.0 Å². The molecule has 1 unspecified atom stereocenters. The van der Waals surface area contributed by atoms with E-state index in [0.717, 1.165) is 25.0 Å². The Morgan fingerprint density at radius 1 is 1.06 bits per heavy atom. The molecule has 0 bridgehead atoms. The van der Waals surface area contributed by atoms with Crippen molar-refractivity contribution in [2.75, 3.05) is 38.2 Å². The Hall–Kier alpha value is -2.85. The monoisotopic (exact) mass is 450 g/mol. The van der Waals surface area contributed by atoms with Gasteiger partial charge in [0.1, 0.15) is 19.0 Å². The topological polar surface area (TPSA) is 103 Å². The fourth-order valence-corrected chi connectivity index (χ4v) is 4.91. The molecule has 8 nitrogen and oxygen atoms in total. The zero-order valence-electron chi connectivity index (χ0n) is 16.7. The smallest absolute Gasteiger partial charge is 0.239 e. The highest BCUT2D eigenvalue weighted by molar-refractivity contribution is 7.91. The lowest BCUT2D eigenvalue weighted by Gasteiger charge is -2.19. The van der Waals surface area contributed by atoms with Crippen LogP contribution < -0.4 is 20.1 Å². The zero-order chi connectivity index (χ0) is 21.8. The molecule has 1 saturated heterocycles. The van der Waals surface area contributed by atoms with Gasteiger partial charge in [-0.3, -0.25) is 4.79 Å². The minimum absolute atomic E-state index is 0.000849. The number of nitrogens with one attached hydrogen (secondary N) is 2. The molecule has 166 valence electrons. The Morgan fingerprint density at radius 3 is 2.65 bits per heavy atom. The molecular weight excluding hydrogens is 427 g/mol. The summed E-state index contributed by atoms with van der Waals surface area (Å²) in [6.45, 7) is 1.61. The van der Waals surface area contributed by atoms with Gasteiger partial charge < -0.3 is 24.8 Å². The molecule has 0 spiro atoms. The molecule has 1 amide bonds. The molecule has 10 heteroatoms. The summed E-state index contributed by atoms with van der Waals surface area (Å²) in [6, 6.07) is 7.60. The molecule has 4 rings (SSSR count). The van der Waals surface area contributed by atoms with E-state index in [1.54, 1.807) is 0 Å². The summed E-state index contributed by atoms with van der Waals surface area (Å²) in [5.41, 5.74) is 0.128. The average molecular weight is 450 g/mol. The van der Waals surface area contributed by atoms with Crippen LogP contribution in [0.25, 0.3) is 0 Å². The average Bonchev–Trinajstić information content (AvgIpc) is 3.30. The number of carbonyl (C=O) groups is 1. The molecule has 2 aliphatic rings. The zero-order valence-corrected chi connectivity index (χ0v) is 17.5. The van der Waals surface area contributed by atoms with Crippen molar-refractivity contribution in [1.29, 1.82) is 0 Å². The van der Waals surface area contributed by atoms with Gasteiger partial charge in [0.05, 0.1) is 28.1 Å². The maximum atomic E-state index is 13.9. The molecule has 31 heavy (non-hydrogen) atoms. The fraction of sp³-hybridized carbons (Fsp3) is 0.381. The van der Waals surface area contributed by atoms with Crippen LogP contribution in [0.15, 0.2) is 46.2 Å². The van der Waals surface area contributed by atoms with Crippen molar-refractivity contribution < 1.29 is 31.8 Å².